The van der Waals surface area contributed by atoms with Gasteiger partial charge in [-0.15, -0.1) is 0 Å². The van der Waals surface area contributed by atoms with Gasteiger partial charge in [0, 0.05) is 6.42 Å². The topological polar surface area (TPSA) is 104 Å². The predicted octanol–water partition coefficient (Wildman–Crippen LogP) is 13.3. The number of hydrogen-bond acceptors (Lipinski definition) is 4. The summed E-state index contributed by atoms with van der Waals surface area (Å²) in [5, 5.41) is 13.2. The molecule has 0 spiro atoms. The van der Waals surface area contributed by atoms with Gasteiger partial charge in [-0.25, -0.2) is 0 Å². The van der Waals surface area contributed by atoms with E-state index in [-0.39, 0.29) is 12.3 Å². The summed E-state index contributed by atoms with van der Waals surface area (Å²) in [6.07, 6.45) is 51.4. The van der Waals surface area contributed by atoms with E-state index in [9.17, 15) is 22.9 Å². The Morgan fingerprint density at radius 1 is 0.500 bits per heavy atom. The van der Waals surface area contributed by atoms with Crippen LogP contribution in [0, 0.1) is 0 Å². The van der Waals surface area contributed by atoms with Crippen LogP contribution >= 0.6 is 0 Å². The number of aliphatic hydroxyl groups excluding tert-OH is 1. The lowest BCUT2D eigenvalue weighted by Crippen LogP contribution is -2.46. The van der Waals surface area contributed by atoms with E-state index >= 15 is 0 Å². The molecule has 0 saturated carbocycles. The largest absolute Gasteiger partial charge is 0.387 e. The minimum absolute atomic E-state index is 0.288. The van der Waals surface area contributed by atoms with Crippen LogP contribution in [0.1, 0.15) is 226 Å². The van der Waals surface area contributed by atoms with Crippen LogP contribution in [0.25, 0.3) is 0 Å². The van der Waals surface area contributed by atoms with Gasteiger partial charge < -0.3 is 10.4 Å². The zero-order chi connectivity index (χ0) is 38.2. The molecule has 0 aromatic heterocycles. The van der Waals surface area contributed by atoms with Crippen molar-refractivity contribution in [1.29, 1.82) is 0 Å². The Bertz CT molecular complexity index is 961. The van der Waals surface area contributed by atoms with E-state index in [1.54, 1.807) is 6.08 Å². The Labute approximate surface area is 323 Å². The van der Waals surface area contributed by atoms with E-state index in [1.165, 1.54) is 167 Å². The molecule has 0 aliphatic heterocycles. The third-order valence-electron chi connectivity index (χ3n) is 10.0. The number of aliphatic hydroxyl groups is 1. The minimum atomic E-state index is -4.36. The second-order valence-corrected chi connectivity index (χ2v) is 16.8. The first-order valence-electron chi connectivity index (χ1n) is 22.2. The Morgan fingerprint density at radius 2 is 0.827 bits per heavy atom. The van der Waals surface area contributed by atoms with E-state index < -0.39 is 28.0 Å². The molecule has 306 valence electrons. The molecule has 0 aliphatic rings. The maximum absolute atomic E-state index is 12.5. The third kappa shape index (κ3) is 39.8. The summed E-state index contributed by atoms with van der Waals surface area (Å²) in [6, 6.07) is -1.08. The second-order valence-electron chi connectivity index (χ2n) is 15.3. The Kier molecular flexibility index (Phi) is 38.2. The highest BCUT2D eigenvalue weighted by Crippen LogP contribution is 2.16. The maximum Gasteiger partial charge on any atom is 0.267 e. The van der Waals surface area contributed by atoms with Gasteiger partial charge in [-0.1, -0.05) is 211 Å². The molecule has 0 bridgehead atoms. The smallest absolute Gasteiger partial charge is 0.267 e. The van der Waals surface area contributed by atoms with Gasteiger partial charge in [-0.2, -0.15) is 8.42 Å². The van der Waals surface area contributed by atoms with Crippen LogP contribution in [-0.2, 0) is 14.9 Å². The number of allylic oxidation sites excluding steroid dienone is 5. The quantitative estimate of drug-likeness (QED) is 0.0328. The molecule has 0 aromatic carbocycles. The molecule has 6 nitrogen and oxygen atoms in total. The molecule has 0 saturated heterocycles. The van der Waals surface area contributed by atoms with Crippen LogP contribution in [0.4, 0.5) is 0 Å². The molecule has 2 atom stereocenters. The number of carbonyl (C=O) groups excluding carboxylic acids is 1. The lowest BCUT2D eigenvalue weighted by molar-refractivity contribution is -0.122. The average Bonchev–Trinajstić information content (AvgIpc) is 3.11. The molecule has 1 amide bonds. The molecule has 0 aromatic rings. The van der Waals surface area contributed by atoms with Gasteiger partial charge in [0.1, 0.15) is 0 Å². The SMILES string of the molecule is CCCCCCCC/C=C/CC/C=C/CC/C=C/C(O)C(CS(=O)(=O)O)NC(=O)CCCCCCCCCCCCCCCCCCCCCCC. The van der Waals surface area contributed by atoms with Crippen molar-refractivity contribution in [2.45, 2.75) is 238 Å². The van der Waals surface area contributed by atoms with Crippen molar-refractivity contribution in [1.82, 2.24) is 5.32 Å². The number of unbranched alkanes of at least 4 members (excludes halogenated alkanes) is 28. The van der Waals surface area contributed by atoms with Gasteiger partial charge in [0.25, 0.3) is 10.1 Å². The molecule has 2 unspecified atom stereocenters. The Morgan fingerprint density at radius 3 is 1.21 bits per heavy atom. The van der Waals surface area contributed by atoms with Crippen LogP contribution in [-0.4, -0.2) is 41.9 Å². The fourth-order valence-corrected chi connectivity index (χ4v) is 7.45. The zero-order valence-corrected chi connectivity index (χ0v) is 35.0. The molecule has 52 heavy (non-hydrogen) atoms. The van der Waals surface area contributed by atoms with E-state index in [0.717, 1.165) is 38.5 Å². The second kappa shape index (κ2) is 39.3. The summed E-state index contributed by atoms with van der Waals surface area (Å²) in [6.45, 7) is 4.53. The summed E-state index contributed by atoms with van der Waals surface area (Å²) in [4.78, 5) is 12.5. The first-order valence-corrected chi connectivity index (χ1v) is 23.8. The molecule has 0 heterocycles. The number of nitrogens with one attached hydrogen (secondary N) is 1. The van der Waals surface area contributed by atoms with Crippen molar-refractivity contribution in [3.63, 3.8) is 0 Å². The number of hydrogen-bond donors (Lipinski definition) is 3. The predicted molar refractivity (Wildman–Crippen MR) is 225 cm³/mol. The third-order valence-corrected chi connectivity index (χ3v) is 10.8. The zero-order valence-electron chi connectivity index (χ0n) is 34.2. The van der Waals surface area contributed by atoms with E-state index in [0.29, 0.717) is 6.42 Å². The van der Waals surface area contributed by atoms with Gasteiger partial charge in [0.15, 0.2) is 0 Å². The molecule has 0 fully saturated rings. The van der Waals surface area contributed by atoms with E-state index in [1.807, 2.05) is 0 Å². The molecular weight excluding hydrogens is 667 g/mol. The lowest BCUT2D eigenvalue weighted by atomic mass is 10.0. The highest BCUT2D eigenvalue weighted by atomic mass is 32.2. The normalized spacial score (nSPS) is 13.5. The van der Waals surface area contributed by atoms with Crippen molar-refractivity contribution < 1.29 is 22.9 Å². The van der Waals surface area contributed by atoms with Crippen molar-refractivity contribution >= 4 is 16.0 Å². The molecule has 0 aliphatic carbocycles. The number of amides is 1. The highest BCUT2D eigenvalue weighted by molar-refractivity contribution is 7.85. The van der Waals surface area contributed by atoms with Crippen molar-refractivity contribution in [2.24, 2.45) is 0 Å². The molecular formula is C45H85NO5S. The van der Waals surface area contributed by atoms with Crippen LogP contribution < -0.4 is 5.32 Å². The monoisotopic (exact) mass is 752 g/mol. The number of rotatable bonds is 40. The van der Waals surface area contributed by atoms with Gasteiger partial charge in [0.2, 0.25) is 5.91 Å². The first kappa shape index (κ1) is 50.6. The summed E-state index contributed by atoms with van der Waals surface area (Å²) in [7, 11) is -4.36. The van der Waals surface area contributed by atoms with Gasteiger partial charge in [0.05, 0.1) is 17.9 Å². The average molecular weight is 752 g/mol. The summed E-state index contributed by atoms with van der Waals surface area (Å²) in [5.74, 6) is -1.00. The van der Waals surface area contributed by atoms with Crippen molar-refractivity contribution in [3.8, 4) is 0 Å². The van der Waals surface area contributed by atoms with Gasteiger partial charge in [-0.05, 0) is 44.9 Å². The van der Waals surface area contributed by atoms with E-state index in [4.69, 9.17) is 0 Å². The fourth-order valence-electron chi connectivity index (χ4n) is 6.72. The van der Waals surface area contributed by atoms with Crippen LogP contribution in [0.5, 0.6) is 0 Å². The first-order chi connectivity index (χ1) is 25.3. The van der Waals surface area contributed by atoms with E-state index in [2.05, 4.69) is 43.5 Å². The standard InChI is InChI=1S/C45H85NO5S/c1-3-5-7-9-11-13-15-17-19-21-22-23-24-25-27-29-31-33-35-37-39-41-45(48)46-43(42-52(49,50)51)44(47)40-38-36-34-32-30-28-26-20-18-16-14-12-10-8-6-4-2/h18,20,30,32,38,40,43-44,47H,3-17,19,21-29,31,33-37,39,41-42H2,1-2H3,(H,46,48)(H,49,50,51)/b20-18+,32-30+,40-38+. The molecule has 0 radical (unpaired) electrons. The van der Waals surface area contributed by atoms with Crippen LogP contribution in [0.3, 0.4) is 0 Å². The van der Waals surface area contributed by atoms with Gasteiger partial charge >= 0.3 is 0 Å². The fraction of sp³-hybridized carbons (Fsp3) is 0.844. The van der Waals surface area contributed by atoms with Gasteiger partial charge in [-0.3, -0.25) is 9.35 Å². The summed E-state index contributed by atoms with van der Waals surface area (Å²) < 4.78 is 32.5. The minimum Gasteiger partial charge on any atom is -0.387 e. The highest BCUT2D eigenvalue weighted by Gasteiger charge is 2.24. The summed E-state index contributed by atoms with van der Waals surface area (Å²) >= 11 is 0. The van der Waals surface area contributed by atoms with Crippen LogP contribution in [0.15, 0.2) is 36.5 Å². The van der Waals surface area contributed by atoms with Crippen molar-refractivity contribution in [3.05, 3.63) is 36.5 Å². The Balaban J connectivity index is 3.89. The number of carbonyl (C=O) groups is 1. The lowest BCUT2D eigenvalue weighted by Gasteiger charge is -2.21. The van der Waals surface area contributed by atoms with Crippen molar-refractivity contribution in [2.75, 3.05) is 5.75 Å². The molecule has 7 heteroatoms. The van der Waals surface area contributed by atoms with Crippen LogP contribution in [0.2, 0.25) is 0 Å². The molecule has 3 N–H and O–H groups in total. The Hall–Kier alpha value is -1.44. The maximum atomic E-state index is 12.5. The molecule has 0 rings (SSSR count). The summed E-state index contributed by atoms with van der Waals surface area (Å²) in [5.41, 5.74) is 0.